The molecule has 0 bridgehead atoms. The van der Waals surface area contributed by atoms with Gasteiger partial charge < -0.3 is 44.5 Å². The molecule has 3 aromatic rings. The van der Waals surface area contributed by atoms with Crippen molar-refractivity contribution >= 4 is 0 Å². The smallest absolute Gasteiger partial charge is 0.157 e. The number of hydrogen-bond acceptors (Lipinski definition) is 9. The molecule has 0 aliphatic carbocycles. The van der Waals surface area contributed by atoms with Crippen molar-refractivity contribution in [3.8, 4) is 46.0 Å². The van der Waals surface area contributed by atoms with Gasteiger partial charge in [-0.05, 0) is 17.7 Å². The lowest BCUT2D eigenvalue weighted by molar-refractivity contribution is 0.0196. The molecule has 34 heavy (non-hydrogen) atoms. The van der Waals surface area contributed by atoms with Gasteiger partial charge in [-0.2, -0.15) is 0 Å². The molecule has 0 saturated carbocycles. The summed E-state index contributed by atoms with van der Waals surface area (Å²) < 4.78 is 22.1. The van der Waals surface area contributed by atoms with Crippen LogP contribution in [0.4, 0.5) is 0 Å². The van der Waals surface area contributed by atoms with Gasteiger partial charge in [-0.15, -0.1) is 0 Å². The van der Waals surface area contributed by atoms with Gasteiger partial charge in [-0.25, -0.2) is 0 Å². The van der Waals surface area contributed by atoms with Crippen LogP contribution >= 0.6 is 0 Å². The third-order valence-corrected chi connectivity index (χ3v) is 5.96. The Labute approximate surface area is 196 Å². The van der Waals surface area contributed by atoms with E-state index in [1.165, 1.54) is 45.6 Å². The first-order valence-electron chi connectivity index (χ1n) is 10.5. The van der Waals surface area contributed by atoms with E-state index in [1.807, 2.05) is 0 Å². The molecule has 2 atom stereocenters. The first-order valence-corrected chi connectivity index (χ1v) is 10.5. The second-order valence-corrected chi connectivity index (χ2v) is 7.94. The van der Waals surface area contributed by atoms with E-state index < -0.39 is 12.2 Å². The van der Waals surface area contributed by atoms with E-state index in [0.717, 1.165) is 0 Å². The van der Waals surface area contributed by atoms with Crippen molar-refractivity contribution in [3.05, 3.63) is 58.7 Å². The summed E-state index contributed by atoms with van der Waals surface area (Å²) in [4.78, 5) is 0. The van der Waals surface area contributed by atoms with Crippen molar-refractivity contribution in [2.75, 3.05) is 21.3 Å². The van der Waals surface area contributed by atoms with Gasteiger partial charge in [0.2, 0.25) is 0 Å². The molecule has 0 aromatic heterocycles. The first-order chi connectivity index (χ1) is 16.3. The molecule has 0 spiro atoms. The number of ether oxygens (including phenoxy) is 4. The largest absolute Gasteiger partial charge is 0.507 e. The minimum Gasteiger partial charge on any atom is -0.507 e. The fraction of sp³-hybridized carbons (Fsp3) is 0.280. The Hall–Kier alpha value is -3.98. The predicted molar refractivity (Wildman–Crippen MR) is 122 cm³/mol. The predicted octanol–water partition coefficient (Wildman–Crippen LogP) is 3.16. The number of benzene rings is 3. The Bertz CT molecular complexity index is 1200. The Morgan fingerprint density at radius 2 is 1.50 bits per heavy atom. The number of phenolic OH excluding ortho intramolecular Hbond substituents is 4. The summed E-state index contributed by atoms with van der Waals surface area (Å²) in [6.45, 7) is 0. The molecule has 1 aliphatic heterocycles. The second-order valence-electron chi connectivity index (χ2n) is 7.94. The highest BCUT2D eigenvalue weighted by Gasteiger charge is 2.34. The zero-order valence-corrected chi connectivity index (χ0v) is 18.9. The molecule has 1 aliphatic rings. The molecule has 3 aromatic carbocycles. The molecule has 5 N–H and O–H groups in total. The summed E-state index contributed by atoms with van der Waals surface area (Å²) in [6.07, 6.45) is -1.81. The molecule has 0 fully saturated rings. The van der Waals surface area contributed by atoms with Crippen LogP contribution in [0.3, 0.4) is 0 Å². The number of aliphatic hydroxyl groups excluding tert-OH is 1. The van der Waals surface area contributed by atoms with Gasteiger partial charge in [0, 0.05) is 47.7 Å². The number of aliphatic hydroxyl groups is 1. The summed E-state index contributed by atoms with van der Waals surface area (Å²) in [7, 11) is 4.51. The maximum Gasteiger partial charge on any atom is 0.157 e. The molecule has 0 amide bonds. The van der Waals surface area contributed by atoms with Crippen LogP contribution < -0.4 is 18.9 Å². The third-order valence-electron chi connectivity index (χ3n) is 5.96. The summed E-state index contributed by atoms with van der Waals surface area (Å²) in [6, 6.07) is 8.84. The highest BCUT2D eigenvalue weighted by atomic mass is 16.5. The molecule has 9 heteroatoms. The molecule has 4 rings (SSSR count). The van der Waals surface area contributed by atoms with Crippen molar-refractivity contribution in [2.24, 2.45) is 0 Å². The van der Waals surface area contributed by atoms with Gasteiger partial charge in [0.05, 0.1) is 27.4 Å². The van der Waals surface area contributed by atoms with Crippen LogP contribution in [0.2, 0.25) is 0 Å². The maximum absolute atomic E-state index is 11.0. The molecule has 180 valence electrons. The normalized spacial score (nSPS) is 16.9. The van der Waals surface area contributed by atoms with Gasteiger partial charge in [-0.1, -0.05) is 6.07 Å². The number of aromatic hydroxyl groups is 4. The number of hydrogen-bond donors (Lipinski definition) is 5. The Morgan fingerprint density at radius 1 is 0.824 bits per heavy atom. The van der Waals surface area contributed by atoms with Crippen LogP contribution in [0.15, 0.2) is 36.4 Å². The van der Waals surface area contributed by atoms with Gasteiger partial charge in [0.1, 0.15) is 40.6 Å². The van der Waals surface area contributed by atoms with Crippen molar-refractivity contribution in [1.82, 2.24) is 0 Å². The minimum absolute atomic E-state index is 0.0393. The van der Waals surface area contributed by atoms with E-state index in [2.05, 4.69) is 0 Å². The second kappa shape index (κ2) is 9.11. The molecule has 1 heterocycles. The van der Waals surface area contributed by atoms with E-state index in [9.17, 15) is 25.5 Å². The van der Waals surface area contributed by atoms with Crippen LogP contribution in [-0.2, 0) is 12.8 Å². The minimum atomic E-state index is -1.05. The Balaban J connectivity index is 1.72. The molecule has 9 nitrogen and oxygen atoms in total. The standard InChI is InChI=1S/C25H26O9/c1-31-13-7-21(32-2)15(22(8-13)33-3)9-14-18(27)11-23-16(24(14)30)10-20(29)25(34-23)12-4-5-17(26)19(28)6-12/h4-8,11,20,25-30H,9-10H2,1-3H3/t20-,25+/m0/s1. The van der Waals surface area contributed by atoms with Crippen LogP contribution in [0.25, 0.3) is 0 Å². The molecular formula is C25H26O9. The average Bonchev–Trinajstić information content (AvgIpc) is 2.83. The Kier molecular flexibility index (Phi) is 6.21. The quantitative estimate of drug-likeness (QED) is 0.344. The topological polar surface area (TPSA) is 138 Å². The summed E-state index contributed by atoms with van der Waals surface area (Å²) in [5.41, 5.74) is 1.58. The zero-order valence-electron chi connectivity index (χ0n) is 18.9. The van der Waals surface area contributed by atoms with Crippen LogP contribution in [0.1, 0.15) is 28.4 Å². The SMILES string of the molecule is COc1cc(OC)c(Cc2c(O)cc3c(c2O)C[C@H](O)[C@@H](c2ccc(O)c(O)c2)O3)c(OC)c1. The van der Waals surface area contributed by atoms with Crippen LogP contribution in [-0.4, -0.2) is 53.0 Å². The van der Waals surface area contributed by atoms with Gasteiger partial charge in [-0.3, -0.25) is 0 Å². The van der Waals surface area contributed by atoms with Gasteiger partial charge >= 0.3 is 0 Å². The van der Waals surface area contributed by atoms with Gasteiger partial charge in [0.15, 0.2) is 11.5 Å². The fourth-order valence-electron chi connectivity index (χ4n) is 4.16. The van der Waals surface area contributed by atoms with Crippen molar-refractivity contribution in [1.29, 1.82) is 0 Å². The highest BCUT2D eigenvalue weighted by Crippen LogP contribution is 2.47. The van der Waals surface area contributed by atoms with E-state index in [0.29, 0.717) is 33.9 Å². The van der Waals surface area contributed by atoms with E-state index >= 15 is 0 Å². The monoisotopic (exact) mass is 470 g/mol. The molecule has 0 radical (unpaired) electrons. The number of rotatable bonds is 6. The lowest BCUT2D eigenvalue weighted by Gasteiger charge is -2.32. The van der Waals surface area contributed by atoms with Crippen molar-refractivity contribution < 1.29 is 44.5 Å². The fourth-order valence-corrected chi connectivity index (χ4v) is 4.16. The Morgan fingerprint density at radius 3 is 2.09 bits per heavy atom. The lowest BCUT2D eigenvalue weighted by Crippen LogP contribution is -2.30. The number of phenols is 4. The van der Waals surface area contributed by atoms with Gasteiger partial charge in [0.25, 0.3) is 0 Å². The van der Waals surface area contributed by atoms with E-state index in [-0.39, 0.29) is 47.2 Å². The van der Waals surface area contributed by atoms with Crippen LogP contribution in [0, 0.1) is 0 Å². The first kappa shape index (κ1) is 23.2. The maximum atomic E-state index is 11.0. The average molecular weight is 470 g/mol. The van der Waals surface area contributed by atoms with Crippen molar-refractivity contribution in [3.63, 3.8) is 0 Å². The van der Waals surface area contributed by atoms with Crippen LogP contribution in [0.5, 0.6) is 46.0 Å². The van der Waals surface area contributed by atoms with E-state index in [1.54, 1.807) is 12.1 Å². The van der Waals surface area contributed by atoms with E-state index in [4.69, 9.17) is 18.9 Å². The third kappa shape index (κ3) is 4.06. The highest BCUT2D eigenvalue weighted by molar-refractivity contribution is 5.61. The lowest BCUT2D eigenvalue weighted by atomic mass is 9.90. The molecule has 0 unspecified atom stereocenters. The van der Waals surface area contributed by atoms with Crippen molar-refractivity contribution in [2.45, 2.75) is 25.0 Å². The number of fused-ring (bicyclic) bond motifs is 1. The number of methoxy groups -OCH3 is 3. The summed E-state index contributed by atoms with van der Waals surface area (Å²) in [5, 5.41) is 51.9. The zero-order chi connectivity index (χ0) is 24.6. The molecular weight excluding hydrogens is 444 g/mol. The molecule has 0 saturated heterocycles. The summed E-state index contributed by atoms with van der Waals surface area (Å²) in [5.74, 6) is 0.587. The summed E-state index contributed by atoms with van der Waals surface area (Å²) >= 11 is 0.